The van der Waals surface area contributed by atoms with Gasteiger partial charge in [0.15, 0.2) is 0 Å². The van der Waals surface area contributed by atoms with Crippen LogP contribution in [0.15, 0.2) is 64.4 Å². The minimum Gasteiger partial charge on any atom is -0.464 e. The average molecular weight is 426 g/mol. The summed E-state index contributed by atoms with van der Waals surface area (Å²) in [6, 6.07) is 14.7. The van der Waals surface area contributed by atoms with Gasteiger partial charge in [0.05, 0.1) is 16.6 Å². The van der Waals surface area contributed by atoms with Gasteiger partial charge in [-0.25, -0.2) is 5.01 Å². The van der Waals surface area contributed by atoms with Crippen LogP contribution in [-0.2, 0) is 0 Å². The molecule has 0 amide bonds. The molecule has 0 saturated carbocycles. The molecule has 4 heterocycles. The maximum absolute atomic E-state index is 6.35. The molecule has 0 N–H and O–H groups in total. The van der Waals surface area contributed by atoms with Gasteiger partial charge in [-0.3, -0.25) is 4.98 Å². The van der Waals surface area contributed by atoms with Crippen LogP contribution in [0.2, 0.25) is 0 Å². The number of hydrogen-bond donors (Lipinski definition) is 0. The second-order valence-corrected chi connectivity index (χ2v) is 8.69. The van der Waals surface area contributed by atoms with E-state index in [4.69, 9.17) is 9.84 Å². The molecule has 0 bridgehead atoms. The van der Waals surface area contributed by atoms with E-state index in [-0.39, 0.29) is 12.3 Å². The fourth-order valence-corrected chi connectivity index (χ4v) is 4.78. The Labute approximate surface area is 164 Å². The van der Waals surface area contributed by atoms with Gasteiger partial charge in [0.2, 0.25) is 6.23 Å². The molecule has 2 aliphatic heterocycles. The van der Waals surface area contributed by atoms with E-state index < -0.39 is 0 Å². The van der Waals surface area contributed by atoms with Gasteiger partial charge in [0, 0.05) is 39.3 Å². The van der Waals surface area contributed by atoms with Crippen molar-refractivity contribution < 1.29 is 4.74 Å². The van der Waals surface area contributed by atoms with Crippen LogP contribution in [0.5, 0.6) is 5.75 Å². The number of halogens is 1. The minimum absolute atomic E-state index is 0.173. The number of fused-ring (bicyclic) bond motifs is 3. The Bertz CT molecular complexity index is 1000. The highest BCUT2D eigenvalue weighted by Gasteiger charge is 2.41. The van der Waals surface area contributed by atoms with E-state index in [9.17, 15) is 0 Å². The Balaban J connectivity index is 1.61. The maximum Gasteiger partial charge on any atom is 0.213 e. The fourth-order valence-electron chi connectivity index (χ4n) is 3.54. The lowest BCUT2D eigenvalue weighted by Gasteiger charge is -2.38. The van der Waals surface area contributed by atoms with E-state index in [1.165, 1.54) is 15.3 Å². The van der Waals surface area contributed by atoms with E-state index >= 15 is 0 Å². The summed E-state index contributed by atoms with van der Waals surface area (Å²) in [4.78, 5) is 6.67. The minimum atomic E-state index is -0.241. The summed E-state index contributed by atoms with van der Waals surface area (Å²) in [6.45, 7) is 2.13. The van der Waals surface area contributed by atoms with E-state index in [2.05, 4.69) is 51.0 Å². The lowest BCUT2D eigenvalue weighted by atomic mass is 9.98. The van der Waals surface area contributed by atoms with Gasteiger partial charge >= 0.3 is 0 Å². The smallest absolute Gasteiger partial charge is 0.213 e. The quantitative estimate of drug-likeness (QED) is 0.547. The highest BCUT2D eigenvalue weighted by atomic mass is 79.9. The number of rotatable bonds is 2. The average Bonchev–Trinajstić information content (AvgIpc) is 3.28. The Morgan fingerprint density at radius 1 is 1.15 bits per heavy atom. The van der Waals surface area contributed by atoms with Gasteiger partial charge in [-0.1, -0.05) is 15.9 Å². The first-order valence-corrected chi connectivity index (χ1v) is 10.1. The summed E-state index contributed by atoms with van der Waals surface area (Å²) in [5, 5.41) is 7.09. The molecular weight excluding hydrogens is 410 g/mol. The molecule has 2 atom stereocenters. The number of benzene rings is 1. The fraction of sp³-hybridized carbons (Fsp3) is 0.200. The van der Waals surface area contributed by atoms with Crippen molar-refractivity contribution in [1.82, 2.24) is 9.99 Å². The van der Waals surface area contributed by atoms with Crippen molar-refractivity contribution in [2.75, 3.05) is 0 Å². The second kappa shape index (κ2) is 6.21. The standard InChI is InChI=1S/C20H16BrN3OS/c1-12-2-5-19(26-12)16-11-17-15-10-14(21)3-4-18(15)25-20(24(17)23-16)13-6-8-22-9-7-13/h2-10,17,20H,11H2,1H3/t17-,20-/m0/s1. The summed E-state index contributed by atoms with van der Waals surface area (Å²) in [7, 11) is 0. The molecule has 2 aliphatic rings. The zero-order valence-corrected chi connectivity index (χ0v) is 16.5. The molecular formula is C20H16BrN3OS. The number of ether oxygens (including phenoxy) is 1. The molecule has 0 radical (unpaired) electrons. The Hall–Kier alpha value is -2.18. The molecule has 1 aromatic carbocycles. The lowest BCUT2D eigenvalue weighted by molar-refractivity contribution is -0.0191. The normalized spacial score (nSPS) is 21.0. The van der Waals surface area contributed by atoms with Crippen LogP contribution in [0.25, 0.3) is 0 Å². The number of hydrazone groups is 1. The molecule has 0 saturated heterocycles. The first-order chi connectivity index (χ1) is 12.7. The molecule has 3 aromatic rings. The zero-order valence-electron chi connectivity index (χ0n) is 14.1. The summed E-state index contributed by atoms with van der Waals surface area (Å²) in [6.07, 6.45) is 4.24. The molecule has 5 rings (SSSR count). The van der Waals surface area contributed by atoms with Crippen LogP contribution in [0, 0.1) is 6.92 Å². The van der Waals surface area contributed by atoms with Crippen LogP contribution < -0.4 is 4.74 Å². The zero-order chi connectivity index (χ0) is 17.7. The van der Waals surface area contributed by atoms with Crippen molar-refractivity contribution in [3.63, 3.8) is 0 Å². The summed E-state index contributed by atoms with van der Waals surface area (Å²) < 4.78 is 7.41. The second-order valence-electron chi connectivity index (χ2n) is 6.49. The Morgan fingerprint density at radius 2 is 2.00 bits per heavy atom. The number of pyridine rings is 1. The van der Waals surface area contributed by atoms with Crippen LogP contribution >= 0.6 is 27.3 Å². The van der Waals surface area contributed by atoms with Crippen LogP contribution in [0.4, 0.5) is 0 Å². The van der Waals surface area contributed by atoms with E-state index in [0.717, 1.165) is 27.9 Å². The number of aromatic nitrogens is 1. The third-order valence-corrected chi connectivity index (χ3v) is 6.31. The molecule has 0 unspecified atom stereocenters. The molecule has 6 heteroatoms. The summed E-state index contributed by atoms with van der Waals surface area (Å²) >= 11 is 5.39. The van der Waals surface area contributed by atoms with Crippen LogP contribution in [0.3, 0.4) is 0 Å². The van der Waals surface area contributed by atoms with Crippen molar-refractivity contribution >= 4 is 33.0 Å². The Morgan fingerprint density at radius 3 is 2.77 bits per heavy atom. The van der Waals surface area contributed by atoms with Gasteiger partial charge in [-0.2, -0.15) is 5.10 Å². The molecule has 4 nitrogen and oxygen atoms in total. The van der Waals surface area contributed by atoms with Crippen molar-refractivity contribution in [2.45, 2.75) is 25.6 Å². The van der Waals surface area contributed by atoms with Crippen molar-refractivity contribution in [1.29, 1.82) is 0 Å². The number of hydrogen-bond acceptors (Lipinski definition) is 5. The van der Waals surface area contributed by atoms with E-state index in [1.54, 1.807) is 23.7 Å². The third-order valence-electron chi connectivity index (χ3n) is 4.77. The first-order valence-electron chi connectivity index (χ1n) is 8.48. The lowest BCUT2D eigenvalue weighted by Crippen LogP contribution is -2.33. The maximum atomic E-state index is 6.35. The first kappa shape index (κ1) is 16.0. The topological polar surface area (TPSA) is 37.7 Å². The largest absolute Gasteiger partial charge is 0.464 e. The molecule has 2 aromatic heterocycles. The van der Waals surface area contributed by atoms with E-state index in [1.807, 2.05) is 24.3 Å². The van der Waals surface area contributed by atoms with Crippen LogP contribution in [0.1, 0.15) is 39.6 Å². The molecule has 26 heavy (non-hydrogen) atoms. The van der Waals surface area contributed by atoms with Crippen molar-refractivity contribution in [2.24, 2.45) is 5.10 Å². The predicted molar refractivity (Wildman–Crippen MR) is 107 cm³/mol. The third kappa shape index (κ3) is 2.64. The monoisotopic (exact) mass is 425 g/mol. The van der Waals surface area contributed by atoms with Crippen molar-refractivity contribution in [3.8, 4) is 5.75 Å². The summed E-state index contributed by atoms with van der Waals surface area (Å²) in [5.41, 5.74) is 3.37. The van der Waals surface area contributed by atoms with E-state index in [0.29, 0.717) is 0 Å². The highest BCUT2D eigenvalue weighted by Crippen LogP contribution is 2.48. The molecule has 0 spiro atoms. The Kier molecular flexibility index (Phi) is 3.83. The van der Waals surface area contributed by atoms with Gasteiger partial charge in [-0.15, -0.1) is 11.3 Å². The van der Waals surface area contributed by atoms with Gasteiger partial charge in [0.1, 0.15) is 5.75 Å². The molecule has 0 aliphatic carbocycles. The molecule has 0 fully saturated rings. The SMILES string of the molecule is Cc1ccc(C2=NN3[C@@H](C2)c2cc(Br)ccc2O[C@H]3c2ccncc2)s1. The number of thiophene rings is 1. The number of aryl methyl sites for hydroxylation is 1. The predicted octanol–water partition coefficient (Wildman–Crippen LogP) is 5.46. The van der Waals surface area contributed by atoms with Gasteiger partial charge < -0.3 is 4.74 Å². The van der Waals surface area contributed by atoms with Gasteiger partial charge in [-0.05, 0) is 49.4 Å². The van der Waals surface area contributed by atoms with Crippen LogP contribution in [-0.4, -0.2) is 15.7 Å². The molecule has 130 valence electrons. The summed E-state index contributed by atoms with van der Waals surface area (Å²) in [5.74, 6) is 0.926. The van der Waals surface area contributed by atoms with Gasteiger partial charge in [0.25, 0.3) is 0 Å². The van der Waals surface area contributed by atoms with Crippen molar-refractivity contribution in [3.05, 3.63) is 80.2 Å². The number of nitrogens with zero attached hydrogens (tertiary/aromatic N) is 3. The highest BCUT2D eigenvalue weighted by molar-refractivity contribution is 9.10.